The number of ether oxygens (including phenoxy) is 1. The molecule has 0 fully saturated rings. The molecule has 1 N–H and O–H groups in total. The van der Waals surface area contributed by atoms with E-state index in [2.05, 4.69) is 17.9 Å². The molecule has 24 heavy (non-hydrogen) atoms. The molecule has 0 atom stereocenters. The Hall–Kier alpha value is -2.01. The monoisotopic (exact) mass is 347 g/mol. The molecule has 5 heteroatoms. The lowest BCUT2D eigenvalue weighted by Gasteiger charge is -2.17. The van der Waals surface area contributed by atoms with E-state index in [1.807, 2.05) is 18.2 Å². The van der Waals surface area contributed by atoms with E-state index in [4.69, 9.17) is 4.74 Å². The first-order valence-corrected chi connectivity index (χ1v) is 8.69. The fourth-order valence-electron chi connectivity index (χ4n) is 2.27. The number of carbonyl (C=O) groups is 1. The van der Waals surface area contributed by atoms with Crippen molar-refractivity contribution in [2.75, 3.05) is 17.7 Å². The number of hydrogen-bond donors (Lipinski definition) is 2. The van der Waals surface area contributed by atoms with Gasteiger partial charge in [-0.15, -0.1) is 0 Å². The lowest BCUT2D eigenvalue weighted by Crippen LogP contribution is -2.18. The van der Waals surface area contributed by atoms with E-state index < -0.39 is 0 Å². The SMILES string of the molecule is Fc1ccccc1.O=C1CCc2cc(OCCCCS)ccc2N1. The summed E-state index contributed by atoms with van der Waals surface area (Å²) in [6.07, 6.45) is 3.46. The van der Waals surface area contributed by atoms with Gasteiger partial charge in [0, 0.05) is 12.1 Å². The van der Waals surface area contributed by atoms with Gasteiger partial charge in [-0.25, -0.2) is 4.39 Å². The van der Waals surface area contributed by atoms with Crippen molar-refractivity contribution in [3.05, 3.63) is 59.9 Å². The van der Waals surface area contributed by atoms with Gasteiger partial charge < -0.3 is 10.1 Å². The number of amides is 1. The Bertz CT molecular complexity index is 649. The molecule has 3 nitrogen and oxygen atoms in total. The Kier molecular flexibility index (Phi) is 7.62. The van der Waals surface area contributed by atoms with Gasteiger partial charge in [-0.3, -0.25) is 4.79 Å². The highest BCUT2D eigenvalue weighted by Gasteiger charge is 2.14. The predicted octanol–water partition coefficient (Wildman–Crippen LogP) is 4.49. The van der Waals surface area contributed by atoms with E-state index in [0.717, 1.165) is 48.6 Å². The quantitative estimate of drug-likeness (QED) is 0.618. The van der Waals surface area contributed by atoms with E-state index in [9.17, 15) is 9.18 Å². The zero-order valence-corrected chi connectivity index (χ0v) is 14.4. The fraction of sp³-hybridized carbons (Fsp3) is 0.316. The summed E-state index contributed by atoms with van der Waals surface area (Å²) in [5.41, 5.74) is 2.08. The molecule has 1 heterocycles. The average Bonchev–Trinajstić information content (AvgIpc) is 2.60. The first-order chi connectivity index (χ1) is 11.7. The van der Waals surface area contributed by atoms with Gasteiger partial charge in [0.1, 0.15) is 11.6 Å². The molecule has 2 aromatic rings. The number of halogens is 1. The third-order valence-corrected chi connectivity index (χ3v) is 3.84. The maximum Gasteiger partial charge on any atom is 0.224 e. The van der Waals surface area contributed by atoms with Gasteiger partial charge >= 0.3 is 0 Å². The van der Waals surface area contributed by atoms with Crippen molar-refractivity contribution in [3.63, 3.8) is 0 Å². The summed E-state index contributed by atoms with van der Waals surface area (Å²) in [5, 5.41) is 2.86. The summed E-state index contributed by atoms with van der Waals surface area (Å²) in [5.74, 6) is 1.71. The van der Waals surface area contributed by atoms with Gasteiger partial charge in [-0.05, 0) is 60.9 Å². The molecule has 2 aromatic carbocycles. The Balaban J connectivity index is 0.000000249. The van der Waals surface area contributed by atoms with E-state index in [-0.39, 0.29) is 11.7 Å². The van der Waals surface area contributed by atoms with Crippen LogP contribution >= 0.6 is 12.6 Å². The molecule has 0 spiro atoms. The second-order valence-electron chi connectivity index (χ2n) is 5.44. The zero-order chi connectivity index (χ0) is 17.2. The van der Waals surface area contributed by atoms with Crippen molar-refractivity contribution in [2.45, 2.75) is 25.7 Å². The Labute approximate surface area is 147 Å². The maximum atomic E-state index is 11.9. The van der Waals surface area contributed by atoms with Gasteiger partial charge in [-0.1, -0.05) is 18.2 Å². The van der Waals surface area contributed by atoms with Crippen molar-refractivity contribution in [3.8, 4) is 5.75 Å². The summed E-state index contributed by atoms with van der Waals surface area (Å²) in [7, 11) is 0. The smallest absolute Gasteiger partial charge is 0.224 e. The minimum Gasteiger partial charge on any atom is -0.494 e. The first kappa shape index (κ1) is 18.3. The number of aryl methyl sites for hydroxylation is 1. The second kappa shape index (κ2) is 9.98. The molecule has 0 bridgehead atoms. The molecule has 0 aliphatic carbocycles. The zero-order valence-electron chi connectivity index (χ0n) is 13.5. The predicted molar refractivity (Wildman–Crippen MR) is 98.4 cm³/mol. The van der Waals surface area contributed by atoms with Crippen LogP contribution in [0.4, 0.5) is 10.1 Å². The number of fused-ring (bicyclic) bond motifs is 1. The normalized spacial score (nSPS) is 12.5. The molecule has 0 radical (unpaired) electrons. The minimum absolute atomic E-state index is 0.0972. The van der Waals surface area contributed by atoms with Gasteiger partial charge in [0.2, 0.25) is 5.91 Å². The highest BCUT2D eigenvalue weighted by molar-refractivity contribution is 7.80. The largest absolute Gasteiger partial charge is 0.494 e. The van der Waals surface area contributed by atoms with Crippen LogP contribution in [0, 0.1) is 5.82 Å². The molecular weight excluding hydrogens is 325 g/mol. The van der Waals surface area contributed by atoms with Crippen molar-refractivity contribution in [2.24, 2.45) is 0 Å². The molecule has 1 aliphatic rings. The number of rotatable bonds is 5. The molecular formula is C19H22FNO2S. The van der Waals surface area contributed by atoms with Gasteiger partial charge in [-0.2, -0.15) is 12.6 Å². The topological polar surface area (TPSA) is 38.3 Å². The van der Waals surface area contributed by atoms with E-state index in [1.54, 1.807) is 18.2 Å². The summed E-state index contributed by atoms with van der Waals surface area (Å²) in [4.78, 5) is 11.2. The van der Waals surface area contributed by atoms with Crippen LogP contribution in [-0.2, 0) is 11.2 Å². The van der Waals surface area contributed by atoms with Crippen LogP contribution in [0.3, 0.4) is 0 Å². The number of hydrogen-bond acceptors (Lipinski definition) is 3. The summed E-state index contributed by atoms with van der Waals surface area (Å²) in [6, 6.07) is 13.8. The number of unbranched alkanes of at least 4 members (excludes halogenated alkanes) is 1. The summed E-state index contributed by atoms with van der Waals surface area (Å²) in [6.45, 7) is 0.728. The van der Waals surface area contributed by atoms with Crippen LogP contribution in [0.5, 0.6) is 5.75 Å². The number of carbonyl (C=O) groups excluding carboxylic acids is 1. The highest BCUT2D eigenvalue weighted by Crippen LogP contribution is 2.26. The van der Waals surface area contributed by atoms with Crippen molar-refractivity contribution in [1.29, 1.82) is 0 Å². The highest BCUT2D eigenvalue weighted by atomic mass is 32.1. The number of benzene rings is 2. The van der Waals surface area contributed by atoms with Crippen LogP contribution in [0.2, 0.25) is 0 Å². The van der Waals surface area contributed by atoms with Gasteiger partial charge in [0.05, 0.1) is 6.61 Å². The van der Waals surface area contributed by atoms with Crippen LogP contribution in [0.1, 0.15) is 24.8 Å². The Morgan fingerprint density at radius 3 is 2.54 bits per heavy atom. The molecule has 1 aliphatic heterocycles. The lowest BCUT2D eigenvalue weighted by atomic mass is 10.0. The van der Waals surface area contributed by atoms with Crippen LogP contribution in [0.25, 0.3) is 0 Å². The van der Waals surface area contributed by atoms with Crippen LogP contribution in [0.15, 0.2) is 48.5 Å². The van der Waals surface area contributed by atoms with Crippen LogP contribution in [-0.4, -0.2) is 18.3 Å². The first-order valence-electron chi connectivity index (χ1n) is 8.06. The maximum absolute atomic E-state index is 11.9. The average molecular weight is 347 g/mol. The standard InChI is InChI=1S/C13H17NO2S.C6H5F/c15-13-6-3-10-9-11(4-5-12(10)14-13)16-7-1-2-8-17;7-6-4-2-1-3-5-6/h4-5,9,17H,1-3,6-8H2,(H,14,15);1-5H. The summed E-state index contributed by atoms with van der Waals surface area (Å²) < 4.78 is 17.6. The van der Waals surface area contributed by atoms with Crippen molar-refractivity contribution >= 4 is 24.2 Å². The van der Waals surface area contributed by atoms with Gasteiger partial charge in [0.25, 0.3) is 0 Å². The van der Waals surface area contributed by atoms with Crippen molar-refractivity contribution in [1.82, 2.24) is 0 Å². The number of anilines is 1. The molecule has 128 valence electrons. The second-order valence-corrected chi connectivity index (χ2v) is 5.89. The molecule has 3 rings (SSSR count). The third-order valence-electron chi connectivity index (χ3n) is 3.53. The van der Waals surface area contributed by atoms with Gasteiger partial charge in [0.15, 0.2) is 0 Å². The Morgan fingerprint density at radius 1 is 1.08 bits per heavy atom. The molecule has 0 aromatic heterocycles. The van der Waals surface area contributed by atoms with E-state index in [0.29, 0.717) is 6.42 Å². The van der Waals surface area contributed by atoms with E-state index in [1.165, 1.54) is 12.1 Å². The fourth-order valence-corrected chi connectivity index (χ4v) is 2.49. The number of thiol groups is 1. The van der Waals surface area contributed by atoms with E-state index >= 15 is 0 Å². The van der Waals surface area contributed by atoms with Crippen molar-refractivity contribution < 1.29 is 13.9 Å². The molecule has 1 amide bonds. The number of nitrogens with one attached hydrogen (secondary N) is 1. The third kappa shape index (κ3) is 6.24. The molecule has 0 saturated carbocycles. The Morgan fingerprint density at radius 2 is 1.88 bits per heavy atom. The lowest BCUT2D eigenvalue weighted by molar-refractivity contribution is -0.116. The summed E-state index contributed by atoms with van der Waals surface area (Å²) >= 11 is 4.16. The molecule has 0 saturated heterocycles. The molecule has 0 unspecified atom stereocenters. The minimum atomic E-state index is -0.178. The van der Waals surface area contributed by atoms with Crippen LogP contribution < -0.4 is 10.1 Å².